The van der Waals surface area contributed by atoms with E-state index >= 15 is 0 Å². The van der Waals surface area contributed by atoms with Crippen molar-refractivity contribution in [2.45, 2.75) is 33.2 Å². The van der Waals surface area contributed by atoms with E-state index in [9.17, 15) is 9.59 Å². The quantitative estimate of drug-likeness (QED) is 0.625. The van der Waals surface area contributed by atoms with Gasteiger partial charge in [-0.1, -0.05) is 0 Å². The van der Waals surface area contributed by atoms with Crippen LogP contribution in [-0.4, -0.2) is 17.7 Å². The third kappa shape index (κ3) is 5.28. The third-order valence-corrected chi connectivity index (χ3v) is 1.04. The molecule has 1 atom stereocenters. The van der Waals surface area contributed by atoms with E-state index in [1.807, 2.05) is 6.92 Å². The first-order valence-electron chi connectivity index (χ1n) is 3.29. The Balaban J connectivity index is 3.53. The summed E-state index contributed by atoms with van der Waals surface area (Å²) in [6.45, 7) is 4.76. The molecule has 0 rings (SSSR count). The molecule has 0 aromatic heterocycles. The van der Waals surface area contributed by atoms with E-state index in [1.54, 1.807) is 0 Å². The molecule has 10 heavy (non-hydrogen) atoms. The Morgan fingerprint density at radius 3 is 2.20 bits per heavy atom. The Kier molecular flexibility index (Phi) is 3.69. The van der Waals surface area contributed by atoms with Gasteiger partial charge in [-0.25, -0.2) is 0 Å². The molecule has 58 valence electrons. The number of carbonyl (C=O) groups excluding carboxylic acids is 2. The maximum atomic E-state index is 10.5. The Labute approximate surface area is 60.8 Å². The van der Waals surface area contributed by atoms with Crippen LogP contribution in [0.5, 0.6) is 0 Å². The highest BCUT2D eigenvalue weighted by molar-refractivity contribution is 5.78. The minimum absolute atomic E-state index is 0.0324. The van der Waals surface area contributed by atoms with Gasteiger partial charge in [0.25, 0.3) is 0 Å². The van der Waals surface area contributed by atoms with Crippen molar-refractivity contribution in [2.24, 2.45) is 0 Å². The number of amides is 1. The minimum Gasteiger partial charge on any atom is -0.353 e. The molecule has 0 saturated heterocycles. The molecule has 0 aliphatic rings. The van der Waals surface area contributed by atoms with Crippen LogP contribution < -0.4 is 5.32 Å². The lowest BCUT2D eigenvalue weighted by molar-refractivity contribution is -0.120. The van der Waals surface area contributed by atoms with E-state index < -0.39 is 0 Å². The van der Waals surface area contributed by atoms with Crippen molar-refractivity contribution >= 4 is 11.7 Å². The van der Waals surface area contributed by atoms with Crippen LogP contribution in [0, 0.1) is 0 Å². The predicted molar refractivity (Wildman–Crippen MR) is 38.6 cm³/mol. The molecule has 1 amide bonds. The highest BCUT2D eigenvalue weighted by Crippen LogP contribution is 1.90. The summed E-state index contributed by atoms with van der Waals surface area (Å²) in [4.78, 5) is 20.9. The second kappa shape index (κ2) is 4.04. The van der Waals surface area contributed by atoms with E-state index in [1.165, 1.54) is 13.8 Å². The van der Waals surface area contributed by atoms with Crippen LogP contribution in [-0.2, 0) is 9.59 Å². The van der Waals surface area contributed by atoms with E-state index in [-0.39, 0.29) is 17.7 Å². The monoisotopic (exact) mass is 143 g/mol. The Morgan fingerprint density at radius 1 is 1.40 bits per heavy atom. The van der Waals surface area contributed by atoms with Crippen molar-refractivity contribution in [1.82, 2.24) is 5.32 Å². The second-order valence-electron chi connectivity index (χ2n) is 2.51. The molecule has 0 aliphatic heterocycles. The summed E-state index contributed by atoms with van der Waals surface area (Å²) in [5.74, 6) is 0.00926. The van der Waals surface area contributed by atoms with Crippen molar-refractivity contribution in [3.63, 3.8) is 0 Å². The van der Waals surface area contributed by atoms with Crippen LogP contribution in [0.1, 0.15) is 27.2 Å². The topological polar surface area (TPSA) is 46.2 Å². The summed E-state index contributed by atoms with van der Waals surface area (Å²) in [6, 6.07) is -0.0324. The lowest BCUT2D eigenvalue weighted by atomic mass is 10.2. The zero-order valence-electron chi connectivity index (χ0n) is 6.60. The molecule has 0 spiro atoms. The first-order chi connectivity index (χ1) is 4.52. The van der Waals surface area contributed by atoms with Crippen molar-refractivity contribution in [3.8, 4) is 0 Å². The van der Waals surface area contributed by atoms with Gasteiger partial charge in [0, 0.05) is 19.4 Å². The summed E-state index contributed by atoms with van der Waals surface area (Å²) < 4.78 is 0. The Hall–Kier alpha value is -0.860. The van der Waals surface area contributed by atoms with Gasteiger partial charge in [0.05, 0.1) is 0 Å². The number of rotatable bonds is 3. The molecule has 0 bridgehead atoms. The van der Waals surface area contributed by atoms with Gasteiger partial charge in [-0.05, 0) is 13.8 Å². The van der Waals surface area contributed by atoms with Gasteiger partial charge >= 0.3 is 0 Å². The molecule has 0 aromatic rings. The minimum atomic E-state index is -0.0891. The van der Waals surface area contributed by atoms with Crippen molar-refractivity contribution < 1.29 is 9.59 Å². The third-order valence-electron chi connectivity index (χ3n) is 1.04. The predicted octanol–water partition coefficient (Wildman–Crippen LogP) is 0.490. The lowest BCUT2D eigenvalue weighted by Gasteiger charge is -2.08. The smallest absolute Gasteiger partial charge is 0.217 e. The van der Waals surface area contributed by atoms with Gasteiger partial charge in [0.15, 0.2) is 0 Å². The number of nitrogens with one attached hydrogen (secondary N) is 1. The fourth-order valence-electron chi connectivity index (χ4n) is 0.829. The van der Waals surface area contributed by atoms with Gasteiger partial charge in [0.2, 0.25) is 5.91 Å². The first kappa shape index (κ1) is 9.14. The average Bonchev–Trinajstić information content (AvgIpc) is 1.58. The normalized spacial score (nSPS) is 12.3. The fraction of sp³-hybridized carbons (Fsp3) is 0.714. The number of ketones is 1. The van der Waals surface area contributed by atoms with Crippen molar-refractivity contribution in [2.75, 3.05) is 0 Å². The van der Waals surface area contributed by atoms with Gasteiger partial charge in [0.1, 0.15) is 5.78 Å². The first-order valence-corrected chi connectivity index (χ1v) is 3.29. The van der Waals surface area contributed by atoms with Crippen LogP contribution in [0.25, 0.3) is 0 Å². The van der Waals surface area contributed by atoms with E-state index in [2.05, 4.69) is 5.32 Å². The van der Waals surface area contributed by atoms with Crippen LogP contribution >= 0.6 is 0 Å². The standard InChI is InChI=1S/C7H13NO2/c1-5(4-6(2)9)8-7(3)10/h5H,4H2,1-3H3,(H,8,10)/t5-/m1/s1. The number of carbonyl (C=O) groups is 2. The van der Waals surface area contributed by atoms with Gasteiger partial charge in [-0.3, -0.25) is 9.59 Å². The molecule has 0 aliphatic carbocycles. The number of hydrogen-bond acceptors (Lipinski definition) is 2. The zero-order valence-corrected chi connectivity index (χ0v) is 6.60. The average molecular weight is 143 g/mol. The zero-order chi connectivity index (χ0) is 8.15. The molecule has 3 heteroatoms. The van der Waals surface area contributed by atoms with Crippen molar-refractivity contribution in [3.05, 3.63) is 0 Å². The number of Topliss-reactive ketones (excluding diaryl/α,β-unsaturated/α-hetero) is 1. The highest BCUT2D eigenvalue weighted by atomic mass is 16.1. The number of hydrogen-bond donors (Lipinski definition) is 1. The van der Waals surface area contributed by atoms with Crippen LogP contribution in [0.4, 0.5) is 0 Å². The van der Waals surface area contributed by atoms with Crippen LogP contribution in [0.15, 0.2) is 0 Å². The largest absolute Gasteiger partial charge is 0.353 e. The molecular weight excluding hydrogens is 130 g/mol. The summed E-state index contributed by atoms with van der Waals surface area (Å²) in [5, 5.41) is 2.61. The summed E-state index contributed by atoms with van der Waals surface area (Å²) >= 11 is 0. The molecular formula is C7H13NO2. The Bertz CT molecular complexity index is 127. The highest BCUT2D eigenvalue weighted by Gasteiger charge is 2.04. The van der Waals surface area contributed by atoms with Crippen LogP contribution in [0.3, 0.4) is 0 Å². The molecule has 1 N–H and O–H groups in total. The second-order valence-corrected chi connectivity index (χ2v) is 2.51. The van der Waals surface area contributed by atoms with Crippen molar-refractivity contribution in [1.29, 1.82) is 0 Å². The Morgan fingerprint density at radius 2 is 1.90 bits per heavy atom. The molecule has 0 unspecified atom stereocenters. The summed E-state index contributed by atoms with van der Waals surface area (Å²) in [6.07, 6.45) is 0.416. The van der Waals surface area contributed by atoms with Crippen LogP contribution in [0.2, 0.25) is 0 Å². The molecule has 3 nitrogen and oxygen atoms in total. The molecule has 0 heterocycles. The fourth-order valence-corrected chi connectivity index (χ4v) is 0.829. The summed E-state index contributed by atoms with van der Waals surface area (Å²) in [7, 11) is 0. The van der Waals surface area contributed by atoms with Gasteiger partial charge in [-0.2, -0.15) is 0 Å². The van der Waals surface area contributed by atoms with E-state index in [0.717, 1.165) is 0 Å². The summed E-state index contributed by atoms with van der Waals surface area (Å²) in [5.41, 5.74) is 0. The molecule has 0 radical (unpaired) electrons. The van der Waals surface area contributed by atoms with E-state index in [4.69, 9.17) is 0 Å². The maximum Gasteiger partial charge on any atom is 0.217 e. The molecule has 0 fully saturated rings. The molecule has 0 saturated carbocycles. The maximum absolute atomic E-state index is 10.5. The van der Waals surface area contributed by atoms with Gasteiger partial charge < -0.3 is 5.32 Å². The lowest BCUT2D eigenvalue weighted by Crippen LogP contribution is -2.31. The van der Waals surface area contributed by atoms with E-state index in [0.29, 0.717) is 6.42 Å². The SMILES string of the molecule is CC(=O)C[C@@H](C)NC(C)=O. The molecule has 0 aromatic carbocycles. The van der Waals surface area contributed by atoms with Gasteiger partial charge in [-0.15, -0.1) is 0 Å².